The van der Waals surface area contributed by atoms with E-state index in [9.17, 15) is 20.0 Å². The highest BCUT2D eigenvalue weighted by Gasteiger charge is 2.44. The van der Waals surface area contributed by atoms with Crippen molar-refractivity contribution in [2.75, 3.05) is 20.2 Å². The van der Waals surface area contributed by atoms with E-state index < -0.39 is 11.9 Å². The second kappa shape index (κ2) is 15.7. The molecule has 11 nitrogen and oxygen atoms in total. The van der Waals surface area contributed by atoms with Gasteiger partial charge >= 0.3 is 0 Å². The van der Waals surface area contributed by atoms with Crippen molar-refractivity contribution in [3.05, 3.63) is 85.9 Å². The maximum Gasteiger partial charge on any atom is 0.254 e. The molecule has 5 aromatic rings. The fraction of sp³-hybridized carbons (Fsp3) is 0.425. The van der Waals surface area contributed by atoms with Gasteiger partial charge in [-0.1, -0.05) is 35.3 Å². The number of aromatic nitrogens is 4. The lowest BCUT2D eigenvalue weighted by Gasteiger charge is -2.31. The molecule has 3 fully saturated rings. The van der Waals surface area contributed by atoms with Crippen LogP contribution >= 0.6 is 23.2 Å². The van der Waals surface area contributed by atoms with Crippen molar-refractivity contribution >= 4 is 50.9 Å². The molecule has 0 radical (unpaired) electrons. The molecule has 1 aliphatic carbocycles. The number of nitriles is 1. The van der Waals surface area contributed by atoms with E-state index in [2.05, 4.69) is 48.5 Å². The third kappa shape index (κ3) is 7.06. The maximum atomic E-state index is 17.1. The Morgan fingerprint density at radius 1 is 1.17 bits per heavy atom. The van der Waals surface area contributed by atoms with Gasteiger partial charge in [-0.2, -0.15) is 5.26 Å². The second-order valence-corrected chi connectivity index (χ2v) is 15.1. The van der Waals surface area contributed by atoms with Crippen LogP contribution in [-0.4, -0.2) is 61.7 Å². The number of likely N-dealkylation sites (tertiary alicyclic amines) is 1. The van der Waals surface area contributed by atoms with Gasteiger partial charge in [-0.05, 0) is 82.7 Å². The molecule has 2 saturated heterocycles. The highest BCUT2D eigenvalue weighted by Crippen LogP contribution is 2.47. The number of carbonyl (C=O) groups is 1. The summed E-state index contributed by atoms with van der Waals surface area (Å²) in [5.41, 5.74) is 3.46. The highest BCUT2D eigenvalue weighted by molar-refractivity contribution is 6.43. The predicted octanol–water partition coefficient (Wildman–Crippen LogP) is 7.59. The standard InChI is InChI=1S/C35H36Cl2FN5O2.C5H6N2O2/c1-18-8-11-27(42(18)35(45)20-9-10-20)28-16-25-32(19(2)44)41-33-24(34(25)43(28)22-12-14-40-17-22)15-21(5-4-13-39)29(31(33)38)23-6-3-7-26(36)30(23)37;1-9-5-2-4(8)6-3-7-5/h3,6-7,15-16,18-20,22,27,40,44H,4-5,8-12,14,17H2,1-2H3;2-3H,1H3,(H,6,7,8). The van der Waals surface area contributed by atoms with Crippen molar-refractivity contribution in [3.63, 3.8) is 0 Å². The first-order chi connectivity index (χ1) is 26.0. The molecule has 282 valence electrons. The summed E-state index contributed by atoms with van der Waals surface area (Å²) in [6, 6.07) is 12.7. The number of H-pyrrole nitrogens is 1. The van der Waals surface area contributed by atoms with E-state index in [1.54, 1.807) is 25.1 Å². The summed E-state index contributed by atoms with van der Waals surface area (Å²) in [4.78, 5) is 37.0. The van der Waals surface area contributed by atoms with Crippen LogP contribution in [0, 0.1) is 23.1 Å². The molecule has 1 saturated carbocycles. The van der Waals surface area contributed by atoms with Crippen LogP contribution in [0.5, 0.6) is 5.88 Å². The van der Waals surface area contributed by atoms with Gasteiger partial charge in [0.1, 0.15) is 5.52 Å². The summed E-state index contributed by atoms with van der Waals surface area (Å²) in [6.07, 6.45) is 5.33. The maximum absolute atomic E-state index is 17.1. The number of aliphatic hydroxyl groups is 1. The number of aliphatic hydroxyl groups excluding tert-OH is 1. The minimum absolute atomic E-state index is 0.0754. The molecule has 1 amide bonds. The zero-order valence-electron chi connectivity index (χ0n) is 30.3. The Hall–Kier alpha value is -4.54. The first-order valence-corrected chi connectivity index (χ1v) is 19.1. The number of methoxy groups -OCH3 is 1. The van der Waals surface area contributed by atoms with Crippen LogP contribution in [0.15, 0.2) is 47.5 Å². The Bertz CT molecular complexity index is 2330. The van der Waals surface area contributed by atoms with Crippen LogP contribution in [0.25, 0.3) is 32.9 Å². The smallest absolute Gasteiger partial charge is 0.254 e. The third-order valence-electron chi connectivity index (χ3n) is 10.7. The second-order valence-electron chi connectivity index (χ2n) is 14.3. The summed E-state index contributed by atoms with van der Waals surface area (Å²) in [6.45, 7) is 5.36. The highest BCUT2D eigenvalue weighted by atomic mass is 35.5. The van der Waals surface area contributed by atoms with Crippen LogP contribution in [0.1, 0.15) is 87.5 Å². The number of nitrogens with zero attached hydrogens (tertiary/aromatic N) is 5. The average Bonchev–Trinajstić information content (AvgIpc) is 3.52. The number of aryl methyl sites for hydroxylation is 1. The molecule has 0 bridgehead atoms. The van der Waals surface area contributed by atoms with Crippen molar-refractivity contribution in [3.8, 4) is 23.1 Å². The lowest BCUT2D eigenvalue weighted by atomic mass is 9.92. The van der Waals surface area contributed by atoms with E-state index >= 15 is 4.39 Å². The van der Waals surface area contributed by atoms with Crippen molar-refractivity contribution in [2.24, 2.45) is 5.92 Å². The van der Waals surface area contributed by atoms with Gasteiger partial charge in [0, 0.05) is 58.6 Å². The van der Waals surface area contributed by atoms with Gasteiger partial charge < -0.3 is 29.6 Å². The SMILES string of the molecule is CC(O)c1nc2c(F)c(-c3cccc(Cl)c3Cl)c(CCC#N)cc2c2c1cc(C1CCC(C)N1C(=O)C1CC1)n2C1CCNC1.COc1cc(=O)[nH]cn1. The fourth-order valence-corrected chi connectivity index (χ4v) is 8.43. The van der Waals surface area contributed by atoms with E-state index in [1.165, 1.54) is 19.5 Å². The van der Waals surface area contributed by atoms with Crippen molar-refractivity contribution in [1.29, 1.82) is 5.26 Å². The molecule has 14 heteroatoms. The monoisotopic (exact) mass is 773 g/mol. The Labute approximate surface area is 322 Å². The van der Waals surface area contributed by atoms with Gasteiger partial charge in [-0.15, -0.1) is 0 Å². The van der Waals surface area contributed by atoms with Gasteiger partial charge in [-0.25, -0.2) is 14.4 Å². The number of hydrogen-bond donors (Lipinski definition) is 3. The predicted molar refractivity (Wildman–Crippen MR) is 206 cm³/mol. The number of benzene rings is 2. The van der Waals surface area contributed by atoms with E-state index in [4.69, 9.17) is 28.2 Å². The van der Waals surface area contributed by atoms with Gasteiger partial charge in [0.05, 0.1) is 59.0 Å². The normalized spacial score (nSPS) is 20.2. The molecular weight excluding hydrogens is 732 g/mol. The van der Waals surface area contributed by atoms with Crippen LogP contribution in [0.2, 0.25) is 10.0 Å². The molecule has 4 unspecified atom stereocenters. The molecule has 54 heavy (non-hydrogen) atoms. The Balaban J connectivity index is 0.000000440. The molecule has 3 aromatic heterocycles. The third-order valence-corrected chi connectivity index (χ3v) is 11.5. The van der Waals surface area contributed by atoms with E-state index in [-0.39, 0.29) is 58.0 Å². The summed E-state index contributed by atoms with van der Waals surface area (Å²) in [7, 11) is 1.46. The fourth-order valence-electron chi connectivity index (χ4n) is 8.03. The topological polar surface area (TPSA) is 149 Å². The van der Waals surface area contributed by atoms with E-state index in [1.807, 2.05) is 6.07 Å². The summed E-state index contributed by atoms with van der Waals surface area (Å²) in [5.74, 6) is 0.0899. The number of rotatable bonds is 8. The van der Waals surface area contributed by atoms with Gasteiger partial charge in [0.25, 0.3) is 5.56 Å². The van der Waals surface area contributed by atoms with Crippen molar-refractivity contribution in [2.45, 2.75) is 83.0 Å². The molecule has 2 aromatic carbocycles. The number of amides is 1. The van der Waals surface area contributed by atoms with Gasteiger partial charge in [0.15, 0.2) is 5.82 Å². The number of ether oxygens (including phenoxy) is 1. The van der Waals surface area contributed by atoms with Crippen molar-refractivity contribution in [1.82, 2.24) is 29.7 Å². The number of halogens is 3. The van der Waals surface area contributed by atoms with Crippen LogP contribution in [0.4, 0.5) is 4.39 Å². The summed E-state index contributed by atoms with van der Waals surface area (Å²) in [5, 5.41) is 26.0. The molecule has 3 aliphatic rings. The van der Waals surface area contributed by atoms with Crippen LogP contribution in [0.3, 0.4) is 0 Å². The number of aromatic amines is 1. The number of fused-ring (bicyclic) bond motifs is 3. The molecule has 5 heterocycles. The van der Waals surface area contributed by atoms with Gasteiger partial charge in [-0.3, -0.25) is 9.59 Å². The van der Waals surface area contributed by atoms with Crippen LogP contribution < -0.4 is 15.6 Å². The molecule has 3 N–H and O–H groups in total. The molecule has 2 aliphatic heterocycles. The minimum atomic E-state index is -0.968. The Morgan fingerprint density at radius 3 is 2.61 bits per heavy atom. The lowest BCUT2D eigenvalue weighted by molar-refractivity contribution is -0.135. The number of nitrogens with one attached hydrogen (secondary N) is 2. The van der Waals surface area contributed by atoms with E-state index in [0.717, 1.165) is 61.8 Å². The van der Waals surface area contributed by atoms with Gasteiger partial charge in [0.2, 0.25) is 11.8 Å². The summed E-state index contributed by atoms with van der Waals surface area (Å²) < 4.78 is 24.0. The lowest BCUT2D eigenvalue weighted by Crippen LogP contribution is -2.37. The average molecular weight is 775 g/mol. The van der Waals surface area contributed by atoms with Crippen LogP contribution in [-0.2, 0) is 11.2 Å². The Kier molecular flexibility index (Phi) is 11.0. The molecule has 8 rings (SSSR count). The number of pyridine rings is 1. The number of hydrogen-bond acceptors (Lipinski definition) is 8. The quantitative estimate of drug-likeness (QED) is 0.146. The Morgan fingerprint density at radius 2 is 1.96 bits per heavy atom. The molecule has 4 atom stereocenters. The van der Waals surface area contributed by atoms with E-state index in [0.29, 0.717) is 39.5 Å². The largest absolute Gasteiger partial charge is 0.481 e. The zero-order valence-corrected chi connectivity index (χ0v) is 31.8. The first kappa shape index (κ1) is 37.8. The minimum Gasteiger partial charge on any atom is -0.481 e. The van der Waals surface area contributed by atoms with Crippen molar-refractivity contribution < 1.29 is 19.0 Å². The summed E-state index contributed by atoms with van der Waals surface area (Å²) >= 11 is 13.0. The molecular formula is C40H42Cl2FN7O4. The number of carbonyl (C=O) groups excluding carboxylic acids is 1. The first-order valence-electron chi connectivity index (χ1n) is 18.3. The zero-order chi connectivity index (χ0) is 38.3. The molecule has 0 spiro atoms.